The van der Waals surface area contributed by atoms with Gasteiger partial charge >= 0.3 is 11.9 Å². The Morgan fingerprint density at radius 1 is 0.879 bits per heavy atom. The molecule has 0 aromatic carbocycles. The largest absolute Gasteiger partial charge is 0.465 e. The molecule has 33 heavy (non-hydrogen) atoms. The van der Waals surface area contributed by atoms with Gasteiger partial charge in [-0.25, -0.2) is 0 Å². The van der Waals surface area contributed by atoms with Crippen molar-refractivity contribution in [2.75, 3.05) is 6.61 Å². The van der Waals surface area contributed by atoms with Gasteiger partial charge in [-0.05, 0) is 99.2 Å². The first-order valence-corrected chi connectivity index (χ1v) is 13.7. The molecule has 0 aromatic heterocycles. The fourth-order valence-corrected chi connectivity index (χ4v) is 7.68. The summed E-state index contributed by atoms with van der Waals surface area (Å²) in [6.45, 7) is 17.7. The molecular formula is C29H50O4. The zero-order valence-electron chi connectivity index (χ0n) is 22.7. The maximum absolute atomic E-state index is 13.4. The van der Waals surface area contributed by atoms with E-state index in [2.05, 4.69) is 55.4 Å². The van der Waals surface area contributed by atoms with Crippen molar-refractivity contribution in [3.05, 3.63) is 0 Å². The summed E-state index contributed by atoms with van der Waals surface area (Å²) in [5, 5.41) is 0. The van der Waals surface area contributed by atoms with E-state index in [9.17, 15) is 9.59 Å². The molecule has 1 unspecified atom stereocenters. The molecule has 0 saturated heterocycles. The Labute approximate surface area is 202 Å². The molecule has 4 rings (SSSR count). The molecule has 1 atom stereocenters. The predicted octanol–water partition coefficient (Wildman–Crippen LogP) is 7.34. The summed E-state index contributed by atoms with van der Waals surface area (Å²) >= 11 is 0. The second-order valence-corrected chi connectivity index (χ2v) is 13.6. The van der Waals surface area contributed by atoms with Gasteiger partial charge in [0, 0.05) is 6.42 Å². The topological polar surface area (TPSA) is 52.6 Å². The molecule has 4 bridgehead atoms. The Bertz CT molecular complexity index is 688. The zero-order valence-corrected chi connectivity index (χ0v) is 22.7. The SMILES string of the molecule is CCC(C)(C)C(CC)(CC(C)(C)C)C(=O)OCCCC(=O)OC1(C)C2CC3CC(C2)CC1C3. The molecule has 4 nitrogen and oxygen atoms in total. The van der Waals surface area contributed by atoms with Crippen LogP contribution in [0.2, 0.25) is 0 Å². The third kappa shape index (κ3) is 5.30. The van der Waals surface area contributed by atoms with Crippen LogP contribution in [-0.4, -0.2) is 24.1 Å². The molecule has 4 saturated carbocycles. The van der Waals surface area contributed by atoms with Crippen molar-refractivity contribution in [2.24, 2.45) is 39.9 Å². The van der Waals surface area contributed by atoms with Crippen molar-refractivity contribution in [3.8, 4) is 0 Å². The van der Waals surface area contributed by atoms with E-state index in [4.69, 9.17) is 9.47 Å². The Morgan fingerprint density at radius 3 is 1.88 bits per heavy atom. The number of carbonyl (C=O) groups excluding carboxylic acids is 2. The summed E-state index contributed by atoms with van der Waals surface area (Å²) < 4.78 is 12.0. The highest BCUT2D eigenvalue weighted by atomic mass is 16.6. The third-order valence-electron chi connectivity index (χ3n) is 9.86. The van der Waals surface area contributed by atoms with Gasteiger partial charge in [0.2, 0.25) is 0 Å². The molecular weight excluding hydrogens is 412 g/mol. The third-order valence-corrected chi connectivity index (χ3v) is 9.86. The fraction of sp³-hybridized carbons (Fsp3) is 0.931. The van der Waals surface area contributed by atoms with Crippen LogP contribution in [0.25, 0.3) is 0 Å². The molecule has 0 aliphatic heterocycles. The lowest BCUT2D eigenvalue weighted by atomic mass is 9.50. The molecule has 0 spiro atoms. The van der Waals surface area contributed by atoms with Crippen LogP contribution in [0.1, 0.15) is 120 Å². The predicted molar refractivity (Wildman–Crippen MR) is 133 cm³/mol. The standard InChI is InChI=1S/C29H50O4/c1-9-27(6,7)29(10-2,19-26(3,4)5)25(31)32-13-11-12-24(30)33-28(8)22-15-20-14-21(17-22)18-23(28)16-20/h20-23H,9-19H2,1-8H3. The van der Waals surface area contributed by atoms with Gasteiger partial charge in [0.25, 0.3) is 0 Å². The van der Waals surface area contributed by atoms with Crippen molar-refractivity contribution < 1.29 is 19.1 Å². The molecule has 190 valence electrons. The van der Waals surface area contributed by atoms with Crippen LogP contribution >= 0.6 is 0 Å². The molecule has 0 radical (unpaired) electrons. The summed E-state index contributed by atoms with van der Waals surface area (Å²) in [5.41, 5.74) is -0.927. The highest BCUT2D eigenvalue weighted by molar-refractivity contribution is 5.78. The Hall–Kier alpha value is -1.06. The average Bonchev–Trinajstić information content (AvgIpc) is 2.72. The second-order valence-electron chi connectivity index (χ2n) is 13.6. The molecule has 0 amide bonds. The smallest absolute Gasteiger partial charge is 0.312 e. The van der Waals surface area contributed by atoms with Crippen molar-refractivity contribution in [3.63, 3.8) is 0 Å². The second kappa shape index (κ2) is 9.53. The molecule has 4 aliphatic carbocycles. The summed E-state index contributed by atoms with van der Waals surface area (Å²) in [5.74, 6) is 2.57. The van der Waals surface area contributed by atoms with Gasteiger partial charge in [0.1, 0.15) is 5.60 Å². The summed E-state index contributed by atoms with van der Waals surface area (Å²) in [4.78, 5) is 26.2. The highest BCUT2D eigenvalue weighted by Gasteiger charge is 2.57. The Balaban J connectivity index is 1.53. The molecule has 4 heteroatoms. The van der Waals surface area contributed by atoms with Crippen molar-refractivity contribution in [2.45, 2.75) is 125 Å². The van der Waals surface area contributed by atoms with Crippen LogP contribution < -0.4 is 0 Å². The number of hydrogen-bond donors (Lipinski definition) is 0. The molecule has 4 aliphatic rings. The van der Waals surface area contributed by atoms with Gasteiger partial charge < -0.3 is 9.47 Å². The number of esters is 2. The Kier molecular flexibility index (Phi) is 7.67. The zero-order chi connectivity index (χ0) is 24.7. The van der Waals surface area contributed by atoms with Crippen LogP contribution in [0.4, 0.5) is 0 Å². The quantitative estimate of drug-likeness (QED) is 0.252. The van der Waals surface area contributed by atoms with Crippen LogP contribution in [0.15, 0.2) is 0 Å². The minimum absolute atomic E-state index is 0.0272. The van der Waals surface area contributed by atoms with Gasteiger partial charge in [0.05, 0.1) is 12.0 Å². The van der Waals surface area contributed by atoms with Crippen molar-refractivity contribution in [1.29, 1.82) is 0 Å². The minimum atomic E-state index is -0.519. The van der Waals surface area contributed by atoms with Crippen LogP contribution in [0.3, 0.4) is 0 Å². The number of rotatable bonds is 10. The van der Waals surface area contributed by atoms with E-state index in [1.54, 1.807) is 0 Å². The van der Waals surface area contributed by atoms with Gasteiger partial charge in [-0.1, -0.05) is 48.5 Å². The van der Waals surface area contributed by atoms with E-state index in [-0.39, 0.29) is 35.0 Å². The monoisotopic (exact) mass is 462 g/mol. The van der Waals surface area contributed by atoms with E-state index < -0.39 is 5.41 Å². The summed E-state index contributed by atoms with van der Waals surface area (Å²) in [6, 6.07) is 0. The van der Waals surface area contributed by atoms with Gasteiger partial charge in [0.15, 0.2) is 0 Å². The molecule has 4 fully saturated rings. The lowest BCUT2D eigenvalue weighted by Gasteiger charge is -2.59. The number of carbonyl (C=O) groups is 2. The lowest BCUT2D eigenvalue weighted by Crippen LogP contribution is -2.58. The van der Waals surface area contributed by atoms with Crippen LogP contribution in [0, 0.1) is 39.9 Å². The first-order chi connectivity index (χ1) is 15.3. The first-order valence-electron chi connectivity index (χ1n) is 13.7. The molecule has 0 heterocycles. The Morgan fingerprint density at radius 2 is 1.42 bits per heavy atom. The van der Waals surface area contributed by atoms with Crippen molar-refractivity contribution >= 4 is 11.9 Å². The summed E-state index contributed by atoms with van der Waals surface area (Å²) in [7, 11) is 0. The van der Waals surface area contributed by atoms with E-state index in [1.165, 1.54) is 32.1 Å². The van der Waals surface area contributed by atoms with Crippen LogP contribution in [0.5, 0.6) is 0 Å². The molecule has 0 N–H and O–H groups in total. The van der Waals surface area contributed by atoms with Gasteiger partial charge in [-0.3, -0.25) is 9.59 Å². The fourth-order valence-electron chi connectivity index (χ4n) is 7.68. The number of hydrogen-bond acceptors (Lipinski definition) is 4. The van der Waals surface area contributed by atoms with Crippen LogP contribution in [-0.2, 0) is 19.1 Å². The summed E-state index contributed by atoms with van der Waals surface area (Å²) in [6.07, 6.45) is 9.64. The minimum Gasteiger partial charge on any atom is -0.465 e. The van der Waals surface area contributed by atoms with Gasteiger partial charge in [-0.2, -0.15) is 0 Å². The molecule has 0 aromatic rings. The van der Waals surface area contributed by atoms with E-state index in [0.717, 1.165) is 31.1 Å². The van der Waals surface area contributed by atoms with E-state index in [1.807, 2.05) is 0 Å². The maximum Gasteiger partial charge on any atom is 0.312 e. The van der Waals surface area contributed by atoms with E-state index >= 15 is 0 Å². The average molecular weight is 463 g/mol. The lowest BCUT2D eigenvalue weighted by molar-refractivity contribution is -0.203. The number of ether oxygens (including phenoxy) is 2. The highest BCUT2D eigenvalue weighted by Crippen LogP contribution is 2.59. The van der Waals surface area contributed by atoms with Gasteiger partial charge in [-0.15, -0.1) is 0 Å². The normalized spacial score (nSPS) is 33.0. The van der Waals surface area contributed by atoms with Crippen molar-refractivity contribution in [1.82, 2.24) is 0 Å². The maximum atomic E-state index is 13.4. The van der Waals surface area contributed by atoms with E-state index in [0.29, 0.717) is 24.7 Å². The first kappa shape index (κ1) is 26.5.